The Morgan fingerprint density at radius 3 is 2.81 bits per heavy atom. The second kappa shape index (κ2) is 5.72. The summed E-state index contributed by atoms with van der Waals surface area (Å²) in [5.41, 5.74) is 0. The molecule has 9 heteroatoms. The van der Waals surface area contributed by atoms with Gasteiger partial charge >= 0.3 is 0 Å². The lowest BCUT2D eigenvalue weighted by Crippen LogP contribution is -2.37. The van der Waals surface area contributed by atoms with Crippen LogP contribution < -0.4 is 10.2 Å². The number of hydrogen-bond acceptors (Lipinski definition) is 7. The molecule has 0 amide bonds. The molecule has 1 aromatic rings. The van der Waals surface area contributed by atoms with E-state index in [-0.39, 0.29) is 29.3 Å². The van der Waals surface area contributed by atoms with Crippen molar-refractivity contribution in [2.24, 2.45) is 0 Å². The van der Waals surface area contributed by atoms with E-state index in [0.29, 0.717) is 32.7 Å². The summed E-state index contributed by atoms with van der Waals surface area (Å²) < 4.78 is 42.0. The monoisotopic (exact) mass is 316 g/mol. The molecule has 1 N–H and O–H groups in total. The predicted molar refractivity (Wildman–Crippen MR) is 75.7 cm³/mol. The molecule has 21 heavy (non-hydrogen) atoms. The maximum Gasteiger partial charge on any atom is 0.225 e. The van der Waals surface area contributed by atoms with Crippen LogP contribution in [0.2, 0.25) is 0 Å². The summed E-state index contributed by atoms with van der Waals surface area (Å²) in [5.74, 6) is 0.251. The summed E-state index contributed by atoms with van der Waals surface area (Å²) in [6, 6.07) is -0.210. The first-order valence-electron chi connectivity index (χ1n) is 6.86. The van der Waals surface area contributed by atoms with Gasteiger partial charge in [-0.25, -0.2) is 17.8 Å². The van der Waals surface area contributed by atoms with Crippen molar-refractivity contribution in [3.05, 3.63) is 12.0 Å². The maximum absolute atomic E-state index is 13.9. The first-order chi connectivity index (χ1) is 10.0. The van der Waals surface area contributed by atoms with Crippen LogP contribution in [-0.4, -0.2) is 62.2 Å². The second-order valence-corrected chi connectivity index (χ2v) is 7.44. The van der Waals surface area contributed by atoms with E-state index in [4.69, 9.17) is 4.74 Å². The molecule has 0 radical (unpaired) electrons. The fraction of sp³-hybridized carbons (Fsp3) is 0.667. The van der Waals surface area contributed by atoms with Crippen molar-refractivity contribution in [3.8, 4) is 0 Å². The highest BCUT2D eigenvalue weighted by atomic mass is 32.2. The third kappa shape index (κ3) is 3.41. The molecule has 2 aliphatic rings. The van der Waals surface area contributed by atoms with E-state index >= 15 is 0 Å². The smallest absolute Gasteiger partial charge is 0.225 e. The number of anilines is 2. The van der Waals surface area contributed by atoms with Gasteiger partial charge in [-0.05, 0) is 6.42 Å². The highest BCUT2D eigenvalue weighted by Crippen LogP contribution is 2.20. The van der Waals surface area contributed by atoms with Crippen molar-refractivity contribution in [1.82, 2.24) is 9.97 Å². The molecule has 0 aromatic carbocycles. The Bertz CT molecular complexity index is 619. The number of nitrogens with one attached hydrogen (secondary N) is 1. The van der Waals surface area contributed by atoms with E-state index < -0.39 is 15.7 Å². The van der Waals surface area contributed by atoms with Crippen LogP contribution in [0.3, 0.4) is 0 Å². The standard InChI is InChI=1S/C12H17FN4O3S/c13-10-7-14-12(15-9-1-6-21(18,19)8-9)16-11(10)17-2-4-20-5-3-17/h7,9H,1-6,8H2,(H,14,15,16). The van der Waals surface area contributed by atoms with E-state index in [1.54, 1.807) is 4.90 Å². The van der Waals surface area contributed by atoms with Crippen LogP contribution in [0.5, 0.6) is 0 Å². The molecule has 7 nitrogen and oxygen atoms in total. The van der Waals surface area contributed by atoms with Crippen LogP contribution in [0, 0.1) is 5.82 Å². The molecule has 3 heterocycles. The summed E-state index contributed by atoms with van der Waals surface area (Å²) >= 11 is 0. The summed E-state index contributed by atoms with van der Waals surface area (Å²) in [7, 11) is -2.97. The minimum Gasteiger partial charge on any atom is -0.378 e. The van der Waals surface area contributed by atoms with E-state index in [1.807, 2.05) is 0 Å². The largest absolute Gasteiger partial charge is 0.378 e. The van der Waals surface area contributed by atoms with Gasteiger partial charge in [0.05, 0.1) is 30.9 Å². The molecular weight excluding hydrogens is 299 g/mol. The fourth-order valence-electron chi connectivity index (χ4n) is 2.52. The van der Waals surface area contributed by atoms with Crippen LogP contribution in [0.4, 0.5) is 16.2 Å². The second-order valence-electron chi connectivity index (χ2n) is 5.21. The summed E-state index contributed by atoms with van der Waals surface area (Å²) in [4.78, 5) is 9.88. The lowest BCUT2D eigenvalue weighted by Gasteiger charge is -2.28. The summed E-state index contributed by atoms with van der Waals surface area (Å²) in [6.07, 6.45) is 1.64. The molecule has 1 atom stereocenters. The average molecular weight is 316 g/mol. The highest BCUT2D eigenvalue weighted by Gasteiger charge is 2.28. The molecule has 0 saturated carbocycles. The van der Waals surface area contributed by atoms with Crippen molar-refractivity contribution in [3.63, 3.8) is 0 Å². The van der Waals surface area contributed by atoms with Gasteiger partial charge in [-0.3, -0.25) is 0 Å². The van der Waals surface area contributed by atoms with E-state index in [9.17, 15) is 12.8 Å². The van der Waals surface area contributed by atoms with Gasteiger partial charge in [0.2, 0.25) is 5.95 Å². The first kappa shape index (κ1) is 14.5. The zero-order valence-corrected chi connectivity index (χ0v) is 12.3. The fourth-order valence-corrected chi connectivity index (χ4v) is 4.19. The topological polar surface area (TPSA) is 84.4 Å². The van der Waals surface area contributed by atoms with E-state index in [0.717, 1.165) is 6.20 Å². The van der Waals surface area contributed by atoms with E-state index in [2.05, 4.69) is 15.3 Å². The zero-order chi connectivity index (χ0) is 14.9. The Balaban J connectivity index is 1.74. The Morgan fingerprint density at radius 1 is 1.38 bits per heavy atom. The van der Waals surface area contributed by atoms with Crippen molar-refractivity contribution < 1.29 is 17.5 Å². The van der Waals surface area contributed by atoms with Gasteiger partial charge < -0.3 is 15.0 Å². The van der Waals surface area contributed by atoms with Crippen LogP contribution in [0.25, 0.3) is 0 Å². The minimum atomic E-state index is -2.97. The van der Waals surface area contributed by atoms with Gasteiger partial charge in [0.15, 0.2) is 21.5 Å². The highest BCUT2D eigenvalue weighted by molar-refractivity contribution is 7.91. The minimum absolute atomic E-state index is 0.0701. The zero-order valence-electron chi connectivity index (χ0n) is 11.5. The molecular formula is C12H17FN4O3S. The van der Waals surface area contributed by atoms with Crippen LogP contribution in [0.15, 0.2) is 6.20 Å². The van der Waals surface area contributed by atoms with Gasteiger partial charge in [-0.1, -0.05) is 0 Å². The van der Waals surface area contributed by atoms with Crippen molar-refractivity contribution in [2.45, 2.75) is 12.5 Å². The van der Waals surface area contributed by atoms with Gasteiger partial charge in [-0.15, -0.1) is 0 Å². The first-order valence-corrected chi connectivity index (χ1v) is 8.68. The Hall–Kier alpha value is -1.48. The molecule has 2 fully saturated rings. The van der Waals surface area contributed by atoms with Crippen molar-refractivity contribution >= 4 is 21.6 Å². The third-order valence-electron chi connectivity index (χ3n) is 3.60. The van der Waals surface area contributed by atoms with Crippen LogP contribution in [-0.2, 0) is 14.6 Å². The number of ether oxygens (including phenoxy) is 1. The molecule has 116 valence electrons. The third-order valence-corrected chi connectivity index (χ3v) is 5.37. The van der Waals surface area contributed by atoms with Crippen molar-refractivity contribution in [1.29, 1.82) is 0 Å². The Labute approximate surface area is 122 Å². The summed E-state index contributed by atoms with van der Waals surface area (Å²) in [5, 5.41) is 2.98. The van der Waals surface area contributed by atoms with Gasteiger partial charge in [-0.2, -0.15) is 4.98 Å². The van der Waals surface area contributed by atoms with Gasteiger partial charge in [0.25, 0.3) is 0 Å². The van der Waals surface area contributed by atoms with Crippen molar-refractivity contribution in [2.75, 3.05) is 48.0 Å². The number of morpholine rings is 1. The van der Waals surface area contributed by atoms with E-state index in [1.165, 1.54) is 0 Å². The van der Waals surface area contributed by atoms with Crippen LogP contribution in [0.1, 0.15) is 6.42 Å². The van der Waals surface area contributed by atoms with Gasteiger partial charge in [0.1, 0.15) is 0 Å². The maximum atomic E-state index is 13.9. The molecule has 2 saturated heterocycles. The van der Waals surface area contributed by atoms with Gasteiger partial charge in [0, 0.05) is 19.1 Å². The predicted octanol–water partition coefficient (Wildman–Crippen LogP) is 0.0513. The number of rotatable bonds is 3. The normalized spacial score (nSPS) is 25.0. The Morgan fingerprint density at radius 2 is 2.14 bits per heavy atom. The number of halogens is 1. The lowest BCUT2D eigenvalue weighted by molar-refractivity contribution is 0.122. The molecule has 2 aliphatic heterocycles. The number of aromatic nitrogens is 2. The lowest BCUT2D eigenvalue weighted by atomic mass is 10.3. The number of hydrogen-bond donors (Lipinski definition) is 1. The quantitative estimate of drug-likeness (QED) is 0.843. The molecule has 3 rings (SSSR count). The SMILES string of the molecule is O=S1(=O)CCC(Nc2ncc(F)c(N3CCOCC3)n2)C1. The average Bonchev–Trinajstić information content (AvgIpc) is 2.81. The number of nitrogens with zero attached hydrogens (tertiary/aromatic N) is 3. The molecule has 0 aliphatic carbocycles. The molecule has 0 bridgehead atoms. The van der Waals surface area contributed by atoms with Crippen LogP contribution >= 0.6 is 0 Å². The Kier molecular flexibility index (Phi) is 3.94. The number of sulfone groups is 1. The summed E-state index contributed by atoms with van der Waals surface area (Å²) in [6.45, 7) is 2.22. The molecule has 1 aromatic heterocycles. The molecule has 1 unspecified atom stereocenters. The molecule has 0 spiro atoms.